The number of anilines is 1. The Hall–Kier alpha value is -1.92. The van der Waals surface area contributed by atoms with Crippen LogP contribution in [-0.4, -0.2) is 19.9 Å². The van der Waals surface area contributed by atoms with Crippen molar-refractivity contribution in [3.63, 3.8) is 0 Å². The number of benzene rings is 1. The molecule has 3 N–H and O–H groups in total. The number of pyridine rings is 1. The Labute approximate surface area is 125 Å². The van der Waals surface area contributed by atoms with Crippen molar-refractivity contribution in [2.45, 2.75) is 25.2 Å². The summed E-state index contributed by atoms with van der Waals surface area (Å²) in [6, 6.07) is 6.87. The second-order valence-electron chi connectivity index (χ2n) is 4.96. The van der Waals surface area contributed by atoms with Crippen molar-refractivity contribution in [1.29, 1.82) is 0 Å². The first kappa shape index (κ1) is 15.5. The van der Waals surface area contributed by atoms with E-state index in [1.807, 2.05) is 26.0 Å². The van der Waals surface area contributed by atoms with Gasteiger partial charge in [0.1, 0.15) is 0 Å². The maximum absolute atomic E-state index is 12.3. The summed E-state index contributed by atoms with van der Waals surface area (Å²) in [6.07, 6.45) is 4.00. The molecular weight excluding hydrogens is 286 g/mol. The lowest BCUT2D eigenvalue weighted by atomic mass is 10.1. The predicted molar refractivity (Wildman–Crippen MR) is 83.5 cm³/mol. The number of nitrogens with one attached hydrogen (secondary N) is 1. The molecule has 0 aliphatic carbocycles. The van der Waals surface area contributed by atoms with Crippen molar-refractivity contribution in [3.8, 4) is 0 Å². The second-order valence-corrected chi connectivity index (χ2v) is 6.73. The van der Waals surface area contributed by atoms with Crippen LogP contribution in [0.1, 0.15) is 16.7 Å². The molecule has 0 fully saturated rings. The molecule has 6 heteroatoms. The first-order valence-corrected chi connectivity index (χ1v) is 8.14. The molecule has 0 radical (unpaired) electrons. The van der Waals surface area contributed by atoms with Gasteiger partial charge in [-0.05, 0) is 55.2 Å². The molecule has 0 aliphatic heterocycles. The molecule has 0 bridgehead atoms. The van der Waals surface area contributed by atoms with Gasteiger partial charge in [0.15, 0.2) is 0 Å². The molecule has 1 heterocycles. The van der Waals surface area contributed by atoms with Gasteiger partial charge in [0.05, 0.1) is 4.90 Å². The summed E-state index contributed by atoms with van der Waals surface area (Å²) >= 11 is 0. The van der Waals surface area contributed by atoms with Gasteiger partial charge in [-0.15, -0.1) is 0 Å². The zero-order valence-electron chi connectivity index (χ0n) is 12.1. The van der Waals surface area contributed by atoms with Crippen LogP contribution in [0.3, 0.4) is 0 Å². The maximum atomic E-state index is 12.3. The number of rotatable bonds is 5. The Balaban J connectivity index is 2.09. The van der Waals surface area contributed by atoms with Crippen molar-refractivity contribution in [2.75, 3.05) is 12.3 Å². The molecule has 0 spiro atoms. The Morgan fingerprint density at radius 1 is 1.29 bits per heavy atom. The van der Waals surface area contributed by atoms with E-state index in [1.54, 1.807) is 18.5 Å². The summed E-state index contributed by atoms with van der Waals surface area (Å²) in [5, 5.41) is 0. The molecule has 0 atom stereocenters. The average molecular weight is 305 g/mol. The van der Waals surface area contributed by atoms with Gasteiger partial charge in [0, 0.05) is 24.6 Å². The molecule has 1 aromatic heterocycles. The number of nitrogen functional groups attached to an aromatic ring is 1. The molecule has 0 saturated heterocycles. The van der Waals surface area contributed by atoms with E-state index >= 15 is 0 Å². The Bertz CT molecular complexity index is 705. The predicted octanol–water partition coefficient (Wildman–Crippen LogP) is 1.80. The third kappa shape index (κ3) is 3.80. The van der Waals surface area contributed by atoms with E-state index in [4.69, 9.17) is 5.73 Å². The van der Waals surface area contributed by atoms with Crippen molar-refractivity contribution in [3.05, 3.63) is 53.3 Å². The number of aryl methyl sites for hydroxylation is 1. The van der Waals surface area contributed by atoms with Gasteiger partial charge in [-0.2, -0.15) is 0 Å². The summed E-state index contributed by atoms with van der Waals surface area (Å²) < 4.78 is 27.1. The van der Waals surface area contributed by atoms with Crippen LogP contribution in [0.25, 0.3) is 0 Å². The summed E-state index contributed by atoms with van der Waals surface area (Å²) in [6.45, 7) is 4.04. The first-order valence-electron chi connectivity index (χ1n) is 6.65. The fraction of sp³-hybridized carbons (Fsp3) is 0.267. The number of hydrogen-bond donors (Lipinski definition) is 2. The summed E-state index contributed by atoms with van der Waals surface area (Å²) in [7, 11) is -3.54. The van der Waals surface area contributed by atoms with E-state index in [9.17, 15) is 8.42 Å². The lowest BCUT2D eigenvalue weighted by Crippen LogP contribution is -2.26. The third-order valence-electron chi connectivity index (χ3n) is 3.42. The van der Waals surface area contributed by atoms with E-state index in [1.165, 1.54) is 6.07 Å². The summed E-state index contributed by atoms with van der Waals surface area (Å²) in [4.78, 5) is 4.20. The van der Waals surface area contributed by atoms with E-state index in [-0.39, 0.29) is 4.90 Å². The zero-order chi connectivity index (χ0) is 15.5. The van der Waals surface area contributed by atoms with Gasteiger partial charge in [0.25, 0.3) is 0 Å². The highest BCUT2D eigenvalue weighted by Crippen LogP contribution is 2.21. The minimum atomic E-state index is -3.54. The minimum Gasteiger partial charge on any atom is -0.398 e. The second kappa shape index (κ2) is 6.24. The van der Waals surface area contributed by atoms with E-state index in [2.05, 4.69) is 9.71 Å². The highest BCUT2D eigenvalue weighted by Gasteiger charge is 2.15. The van der Waals surface area contributed by atoms with Crippen LogP contribution in [0.2, 0.25) is 0 Å². The minimum absolute atomic E-state index is 0.203. The van der Waals surface area contributed by atoms with E-state index < -0.39 is 10.0 Å². The quantitative estimate of drug-likeness (QED) is 0.825. The largest absolute Gasteiger partial charge is 0.398 e. The molecule has 1 aromatic carbocycles. The van der Waals surface area contributed by atoms with Gasteiger partial charge in [-0.25, -0.2) is 13.1 Å². The van der Waals surface area contributed by atoms with Gasteiger partial charge in [0.2, 0.25) is 10.0 Å². The standard InChI is InChI=1S/C15H19N3O2S/c1-11-8-14(9-15(16)12(11)2)21(19,20)18-7-5-13-4-3-6-17-10-13/h3-4,6,8-10,18H,5,7,16H2,1-2H3. The van der Waals surface area contributed by atoms with Crippen molar-refractivity contribution >= 4 is 15.7 Å². The average Bonchev–Trinajstić information content (AvgIpc) is 2.45. The van der Waals surface area contributed by atoms with Crippen LogP contribution >= 0.6 is 0 Å². The van der Waals surface area contributed by atoms with E-state index in [0.29, 0.717) is 18.7 Å². The molecule has 21 heavy (non-hydrogen) atoms. The summed E-state index contributed by atoms with van der Waals surface area (Å²) in [5.41, 5.74) is 9.08. The maximum Gasteiger partial charge on any atom is 0.240 e. The van der Waals surface area contributed by atoms with Gasteiger partial charge in [-0.1, -0.05) is 6.07 Å². The normalized spacial score (nSPS) is 11.5. The van der Waals surface area contributed by atoms with Gasteiger partial charge < -0.3 is 5.73 Å². The van der Waals surface area contributed by atoms with Crippen LogP contribution in [-0.2, 0) is 16.4 Å². The van der Waals surface area contributed by atoms with Crippen LogP contribution in [0, 0.1) is 13.8 Å². The molecule has 0 unspecified atom stereocenters. The number of sulfonamides is 1. The van der Waals surface area contributed by atoms with Crippen LogP contribution in [0.4, 0.5) is 5.69 Å². The molecule has 112 valence electrons. The van der Waals surface area contributed by atoms with Gasteiger partial charge >= 0.3 is 0 Å². The molecule has 0 saturated carbocycles. The lowest BCUT2D eigenvalue weighted by Gasteiger charge is -2.11. The van der Waals surface area contributed by atoms with Crippen molar-refractivity contribution < 1.29 is 8.42 Å². The zero-order valence-corrected chi connectivity index (χ0v) is 12.9. The third-order valence-corrected chi connectivity index (χ3v) is 4.86. The van der Waals surface area contributed by atoms with Crippen molar-refractivity contribution in [2.24, 2.45) is 0 Å². The Morgan fingerprint density at radius 3 is 2.67 bits per heavy atom. The number of nitrogens with zero attached hydrogens (tertiary/aromatic N) is 1. The smallest absolute Gasteiger partial charge is 0.240 e. The highest BCUT2D eigenvalue weighted by molar-refractivity contribution is 7.89. The fourth-order valence-electron chi connectivity index (χ4n) is 1.97. The van der Waals surface area contributed by atoms with Crippen LogP contribution in [0.15, 0.2) is 41.6 Å². The molecular formula is C15H19N3O2S. The molecule has 5 nitrogen and oxygen atoms in total. The fourth-order valence-corrected chi connectivity index (χ4v) is 3.12. The number of aromatic nitrogens is 1. The van der Waals surface area contributed by atoms with E-state index in [0.717, 1.165) is 16.7 Å². The topological polar surface area (TPSA) is 85.1 Å². The molecule has 2 rings (SSSR count). The number of nitrogens with two attached hydrogens (primary N) is 1. The highest BCUT2D eigenvalue weighted by atomic mass is 32.2. The SMILES string of the molecule is Cc1cc(S(=O)(=O)NCCc2cccnc2)cc(N)c1C. The monoisotopic (exact) mass is 305 g/mol. The Kier molecular flexibility index (Phi) is 4.59. The molecule has 2 aromatic rings. The first-order chi connectivity index (χ1) is 9.90. The van der Waals surface area contributed by atoms with Crippen molar-refractivity contribution in [1.82, 2.24) is 9.71 Å². The Morgan fingerprint density at radius 2 is 2.05 bits per heavy atom. The molecule has 0 aliphatic rings. The lowest BCUT2D eigenvalue weighted by molar-refractivity contribution is 0.581. The number of hydrogen-bond acceptors (Lipinski definition) is 4. The summed E-state index contributed by atoms with van der Waals surface area (Å²) in [5.74, 6) is 0. The van der Waals surface area contributed by atoms with Gasteiger partial charge in [-0.3, -0.25) is 4.98 Å². The molecule has 0 amide bonds. The van der Waals surface area contributed by atoms with Crippen LogP contribution in [0.5, 0.6) is 0 Å². The van der Waals surface area contributed by atoms with Crippen LogP contribution < -0.4 is 10.5 Å².